The number of rotatable bonds is 2. The van der Waals surface area contributed by atoms with E-state index in [2.05, 4.69) is 20.9 Å². The Bertz CT molecular complexity index is 424. The molecule has 0 fully saturated rings. The molecule has 0 aliphatic heterocycles. The van der Waals surface area contributed by atoms with Gasteiger partial charge in [0, 0.05) is 11.8 Å². The summed E-state index contributed by atoms with van der Waals surface area (Å²) in [5.74, 6) is -0.315. The summed E-state index contributed by atoms with van der Waals surface area (Å²) in [6.45, 7) is 0. The van der Waals surface area contributed by atoms with Crippen molar-refractivity contribution in [2.24, 2.45) is 0 Å². The van der Waals surface area contributed by atoms with Crippen LogP contribution in [-0.4, -0.2) is 10.1 Å². The van der Waals surface area contributed by atoms with Crippen LogP contribution in [0, 0.1) is 5.82 Å². The molecule has 0 spiro atoms. The molecule has 0 radical (unpaired) electrons. The molecule has 1 aromatic carbocycles. The van der Waals surface area contributed by atoms with Crippen LogP contribution in [0.15, 0.2) is 47.2 Å². The van der Waals surface area contributed by atoms with Gasteiger partial charge >= 0.3 is 0 Å². The summed E-state index contributed by atoms with van der Waals surface area (Å²) in [6, 6.07) is 9.28. The van der Waals surface area contributed by atoms with Crippen molar-refractivity contribution in [3.63, 3.8) is 0 Å². The van der Waals surface area contributed by atoms with Gasteiger partial charge in [-0.2, -0.15) is 0 Å². The molecule has 0 amide bonds. The zero-order valence-corrected chi connectivity index (χ0v) is 9.86. The van der Waals surface area contributed by atoms with Gasteiger partial charge in [-0.3, -0.25) is 0 Å². The fraction of sp³-hybridized carbons (Fsp3) is 0.0833. The van der Waals surface area contributed by atoms with Crippen molar-refractivity contribution in [2.75, 3.05) is 0 Å². The van der Waals surface area contributed by atoms with E-state index in [1.165, 1.54) is 12.1 Å². The summed E-state index contributed by atoms with van der Waals surface area (Å²) >= 11 is 3.22. The highest BCUT2D eigenvalue weighted by Gasteiger charge is 2.10. The molecular weight excluding hydrogens is 273 g/mol. The normalized spacial score (nSPS) is 12.4. The van der Waals surface area contributed by atoms with Crippen LogP contribution in [0.5, 0.6) is 0 Å². The largest absolute Gasteiger partial charge is 0.384 e. The summed E-state index contributed by atoms with van der Waals surface area (Å²) in [4.78, 5) is 4.03. The third-order valence-electron chi connectivity index (χ3n) is 2.25. The Morgan fingerprint density at radius 1 is 1.06 bits per heavy atom. The summed E-state index contributed by atoms with van der Waals surface area (Å²) in [5, 5.41) is 10.00. The van der Waals surface area contributed by atoms with E-state index in [1.807, 2.05) is 0 Å². The Labute approximate surface area is 101 Å². The first-order valence-electron chi connectivity index (χ1n) is 4.72. The molecule has 1 N–H and O–H groups in total. The van der Waals surface area contributed by atoms with Crippen LogP contribution in [0.2, 0.25) is 0 Å². The molecule has 4 heteroatoms. The number of aliphatic hydroxyl groups is 1. The SMILES string of the molecule is OC(c1ccc(F)cc1)c1ccc(Br)nc1. The highest BCUT2D eigenvalue weighted by Crippen LogP contribution is 2.22. The fourth-order valence-corrected chi connectivity index (χ4v) is 1.62. The van der Waals surface area contributed by atoms with E-state index in [0.717, 1.165) is 0 Å². The predicted molar refractivity (Wildman–Crippen MR) is 62.4 cm³/mol. The van der Waals surface area contributed by atoms with Crippen molar-refractivity contribution < 1.29 is 9.50 Å². The molecule has 2 rings (SSSR count). The van der Waals surface area contributed by atoms with Crippen LogP contribution in [0.4, 0.5) is 4.39 Å². The van der Waals surface area contributed by atoms with Crippen molar-refractivity contribution in [2.45, 2.75) is 6.10 Å². The Hall–Kier alpha value is -1.26. The molecule has 1 unspecified atom stereocenters. The van der Waals surface area contributed by atoms with Gasteiger partial charge in [-0.05, 0) is 39.7 Å². The molecule has 82 valence electrons. The molecule has 2 aromatic rings. The Balaban J connectivity index is 2.28. The minimum Gasteiger partial charge on any atom is -0.384 e. The van der Waals surface area contributed by atoms with Gasteiger partial charge in [0.15, 0.2) is 0 Å². The van der Waals surface area contributed by atoms with Crippen LogP contribution < -0.4 is 0 Å². The predicted octanol–water partition coefficient (Wildman–Crippen LogP) is 3.06. The maximum Gasteiger partial charge on any atom is 0.123 e. The molecule has 0 saturated carbocycles. The number of aromatic nitrogens is 1. The second-order valence-corrected chi connectivity index (χ2v) is 4.18. The standard InChI is InChI=1S/C12H9BrFNO/c13-11-6-3-9(7-15-11)12(16)8-1-4-10(14)5-2-8/h1-7,12,16H. The molecule has 0 saturated heterocycles. The van der Waals surface area contributed by atoms with Crippen molar-refractivity contribution in [3.05, 3.63) is 64.1 Å². The van der Waals surface area contributed by atoms with E-state index in [-0.39, 0.29) is 5.82 Å². The zero-order chi connectivity index (χ0) is 11.5. The third kappa shape index (κ3) is 2.46. The maximum absolute atomic E-state index is 12.7. The molecule has 2 nitrogen and oxygen atoms in total. The first kappa shape index (κ1) is 11.2. The van der Waals surface area contributed by atoms with Crippen LogP contribution in [0.25, 0.3) is 0 Å². The van der Waals surface area contributed by atoms with E-state index in [0.29, 0.717) is 15.7 Å². The van der Waals surface area contributed by atoms with Gasteiger partial charge in [0.2, 0.25) is 0 Å². The van der Waals surface area contributed by atoms with Crippen molar-refractivity contribution >= 4 is 15.9 Å². The van der Waals surface area contributed by atoms with E-state index >= 15 is 0 Å². The monoisotopic (exact) mass is 281 g/mol. The van der Waals surface area contributed by atoms with Crippen molar-refractivity contribution in [1.82, 2.24) is 4.98 Å². The van der Waals surface area contributed by atoms with Crippen LogP contribution in [0.1, 0.15) is 17.2 Å². The lowest BCUT2D eigenvalue weighted by molar-refractivity contribution is 0.219. The van der Waals surface area contributed by atoms with E-state index in [1.54, 1.807) is 30.5 Å². The minimum atomic E-state index is -0.777. The maximum atomic E-state index is 12.7. The van der Waals surface area contributed by atoms with Gasteiger partial charge < -0.3 is 5.11 Å². The van der Waals surface area contributed by atoms with E-state index in [9.17, 15) is 9.50 Å². The minimum absolute atomic E-state index is 0.315. The number of hydrogen-bond donors (Lipinski definition) is 1. The number of nitrogens with zero attached hydrogens (tertiary/aromatic N) is 1. The van der Waals surface area contributed by atoms with Crippen molar-refractivity contribution in [3.8, 4) is 0 Å². The molecule has 0 aliphatic rings. The number of benzene rings is 1. The van der Waals surface area contributed by atoms with Gasteiger partial charge in [-0.25, -0.2) is 9.37 Å². The van der Waals surface area contributed by atoms with Gasteiger partial charge in [-0.15, -0.1) is 0 Å². The third-order valence-corrected chi connectivity index (χ3v) is 2.72. The summed E-state index contributed by atoms with van der Waals surface area (Å²) in [7, 11) is 0. The number of pyridine rings is 1. The Morgan fingerprint density at radius 2 is 1.69 bits per heavy atom. The number of hydrogen-bond acceptors (Lipinski definition) is 2. The summed E-state index contributed by atoms with van der Waals surface area (Å²) in [6.07, 6.45) is 0.805. The lowest BCUT2D eigenvalue weighted by Crippen LogP contribution is -2.00. The lowest BCUT2D eigenvalue weighted by atomic mass is 10.0. The van der Waals surface area contributed by atoms with Crippen LogP contribution in [0.3, 0.4) is 0 Å². The van der Waals surface area contributed by atoms with Crippen LogP contribution in [-0.2, 0) is 0 Å². The van der Waals surface area contributed by atoms with E-state index in [4.69, 9.17) is 0 Å². The van der Waals surface area contributed by atoms with Gasteiger partial charge in [0.1, 0.15) is 16.5 Å². The summed E-state index contributed by atoms with van der Waals surface area (Å²) < 4.78 is 13.4. The molecule has 1 heterocycles. The topological polar surface area (TPSA) is 33.1 Å². The number of aliphatic hydroxyl groups excluding tert-OH is 1. The van der Waals surface area contributed by atoms with Gasteiger partial charge in [0.25, 0.3) is 0 Å². The fourth-order valence-electron chi connectivity index (χ4n) is 1.39. The Morgan fingerprint density at radius 3 is 2.25 bits per heavy atom. The summed E-state index contributed by atoms with van der Waals surface area (Å²) in [5.41, 5.74) is 1.32. The lowest BCUT2D eigenvalue weighted by Gasteiger charge is -2.10. The van der Waals surface area contributed by atoms with Gasteiger partial charge in [0.05, 0.1) is 0 Å². The highest BCUT2D eigenvalue weighted by atomic mass is 79.9. The molecule has 16 heavy (non-hydrogen) atoms. The highest BCUT2D eigenvalue weighted by molar-refractivity contribution is 9.10. The molecule has 1 aromatic heterocycles. The molecule has 0 bridgehead atoms. The Kier molecular flexibility index (Phi) is 3.31. The van der Waals surface area contributed by atoms with E-state index < -0.39 is 6.10 Å². The smallest absolute Gasteiger partial charge is 0.123 e. The molecule has 0 aliphatic carbocycles. The van der Waals surface area contributed by atoms with Crippen LogP contribution >= 0.6 is 15.9 Å². The quantitative estimate of drug-likeness (QED) is 0.859. The first-order valence-corrected chi connectivity index (χ1v) is 5.51. The number of halogens is 2. The van der Waals surface area contributed by atoms with Crippen molar-refractivity contribution in [1.29, 1.82) is 0 Å². The average Bonchev–Trinajstić information content (AvgIpc) is 2.30. The second-order valence-electron chi connectivity index (χ2n) is 3.37. The molecular formula is C12H9BrFNO. The second kappa shape index (κ2) is 4.72. The first-order chi connectivity index (χ1) is 7.66. The zero-order valence-electron chi connectivity index (χ0n) is 8.27. The molecule has 1 atom stereocenters. The van der Waals surface area contributed by atoms with Gasteiger partial charge in [-0.1, -0.05) is 18.2 Å². The average molecular weight is 282 g/mol.